The van der Waals surface area contributed by atoms with E-state index in [4.69, 9.17) is 9.47 Å². The summed E-state index contributed by atoms with van der Waals surface area (Å²) in [6, 6.07) is 12.5. The Hall–Kier alpha value is -3.51. The molecule has 1 N–H and O–H groups in total. The molecule has 11 heteroatoms. The number of fused-ring (bicyclic) bond motifs is 2. The Balaban J connectivity index is 1.33. The summed E-state index contributed by atoms with van der Waals surface area (Å²) >= 11 is 0. The van der Waals surface area contributed by atoms with Crippen LogP contribution in [0.2, 0.25) is 0 Å². The topological polar surface area (TPSA) is 110 Å². The molecule has 0 bridgehead atoms. The van der Waals surface area contributed by atoms with Crippen molar-refractivity contribution in [2.24, 2.45) is 0 Å². The van der Waals surface area contributed by atoms with Gasteiger partial charge in [0, 0.05) is 67.1 Å². The minimum absolute atomic E-state index is 0.0630. The summed E-state index contributed by atoms with van der Waals surface area (Å²) in [4.78, 5) is 27.8. The van der Waals surface area contributed by atoms with E-state index in [1.807, 2.05) is 35.0 Å². The van der Waals surface area contributed by atoms with Crippen LogP contribution in [0.3, 0.4) is 0 Å². The number of nitrogens with one attached hydrogen (secondary N) is 1. The van der Waals surface area contributed by atoms with Crippen molar-refractivity contribution in [1.29, 1.82) is 0 Å². The Morgan fingerprint density at radius 1 is 1.12 bits per heavy atom. The zero-order chi connectivity index (χ0) is 27.9. The lowest BCUT2D eigenvalue weighted by Crippen LogP contribution is -2.40. The fourth-order valence-corrected chi connectivity index (χ4v) is 7.02. The van der Waals surface area contributed by atoms with Crippen LogP contribution in [0.25, 0.3) is 22.6 Å². The number of ether oxygens (including phenoxy) is 2. The Bertz CT molecular complexity index is 1600. The molecule has 3 aliphatic heterocycles. The molecular weight excluding hydrogens is 532 g/mol. The summed E-state index contributed by atoms with van der Waals surface area (Å²) in [6.45, 7) is 2.65. The van der Waals surface area contributed by atoms with Crippen LogP contribution in [0.1, 0.15) is 24.0 Å². The largest absolute Gasteiger partial charge is 0.379 e. The summed E-state index contributed by atoms with van der Waals surface area (Å²) in [5.74, 6) is -0.336. The molecular formula is C29H32N4O6S. The minimum atomic E-state index is -3.73. The summed E-state index contributed by atoms with van der Waals surface area (Å²) < 4.78 is 40.9. The quantitative estimate of drug-likeness (QED) is 0.442. The average molecular weight is 565 g/mol. The van der Waals surface area contributed by atoms with Crippen LogP contribution in [0.4, 0.5) is 5.69 Å². The van der Waals surface area contributed by atoms with E-state index < -0.39 is 10.0 Å². The fourth-order valence-electron chi connectivity index (χ4n) is 5.58. The Labute approximate surface area is 233 Å². The van der Waals surface area contributed by atoms with Gasteiger partial charge in [0.15, 0.2) is 0 Å². The normalized spacial score (nSPS) is 20.9. The van der Waals surface area contributed by atoms with E-state index in [1.165, 1.54) is 9.21 Å². The van der Waals surface area contributed by atoms with E-state index in [-0.39, 0.29) is 29.4 Å². The molecule has 1 atom stereocenters. The van der Waals surface area contributed by atoms with Gasteiger partial charge in [0.25, 0.3) is 5.91 Å². The number of carbonyl (C=O) groups is 2. The average Bonchev–Trinajstić information content (AvgIpc) is 3.67. The maximum Gasteiger partial charge on any atom is 0.258 e. The third kappa shape index (κ3) is 4.94. The van der Waals surface area contributed by atoms with Gasteiger partial charge in [-0.3, -0.25) is 9.59 Å². The molecule has 3 aromatic rings. The van der Waals surface area contributed by atoms with E-state index in [9.17, 15) is 18.0 Å². The number of nitrogens with zero attached hydrogens (tertiary/aromatic N) is 3. The number of sulfonamides is 1. The van der Waals surface area contributed by atoms with Gasteiger partial charge < -0.3 is 24.3 Å². The maximum atomic E-state index is 13.4. The molecule has 1 aromatic heterocycles. The number of amides is 2. The summed E-state index contributed by atoms with van der Waals surface area (Å²) in [7, 11) is -2.05. The maximum absolute atomic E-state index is 13.4. The summed E-state index contributed by atoms with van der Waals surface area (Å²) in [5.41, 5.74) is 3.25. The van der Waals surface area contributed by atoms with Gasteiger partial charge >= 0.3 is 0 Å². The first kappa shape index (κ1) is 26.7. The number of benzene rings is 2. The highest BCUT2D eigenvalue weighted by atomic mass is 32.2. The number of likely N-dealkylation sites (N-methyl/N-ethyl adjacent to an activating group) is 1. The molecule has 10 nitrogen and oxygen atoms in total. The molecule has 0 radical (unpaired) electrons. The van der Waals surface area contributed by atoms with Crippen LogP contribution in [0.5, 0.6) is 0 Å². The SMILES string of the molecule is CN1C(=O)/C(=C\c2cn(CC(=O)NCC3CCCO3)c3ccccc23)c2cc(S(=O)(=O)N3CCOCC3)ccc21. The third-order valence-electron chi connectivity index (χ3n) is 7.75. The molecule has 0 spiro atoms. The molecule has 40 heavy (non-hydrogen) atoms. The van der Waals surface area contributed by atoms with Gasteiger partial charge in [-0.1, -0.05) is 18.2 Å². The zero-order valence-corrected chi connectivity index (χ0v) is 23.2. The highest BCUT2D eigenvalue weighted by Crippen LogP contribution is 2.39. The highest BCUT2D eigenvalue weighted by molar-refractivity contribution is 7.89. The van der Waals surface area contributed by atoms with Crippen LogP contribution in [0, 0.1) is 0 Å². The van der Waals surface area contributed by atoms with Crippen molar-refractivity contribution in [3.63, 3.8) is 0 Å². The molecule has 2 aromatic carbocycles. The molecule has 6 rings (SSSR count). The first-order valence-electron chi connectivity index (χ1n) is 13.5. The standard InChI is InChI=1S/C29H32N4O6S/c1-31-26-9-8-22(40(36,37)33-10-13-38-14-11-33)16-24(26)25(29(31)35)15-20-18-32(27-7-3-2-6-23(20)27)19-28(34)30-17-21-5-4-12-39-21/h2-3,6-9,15-16,18,21H,4-5,10-14,17,19H2,1H3,(H,30,34)/b25-15-. The number of para-hydroxylation sites is 1. The first-order chi connectivity index (χ1) is 19.3. The van der Waals surface area contributed by atoms with Crippen LogP contribution in [-0.4, -0.2) is 81.7 Å². The number of carbonyl (C=O) groups excluding carboxylic acids is 2. The second-order valence-electron chi connectivity index (χ2n) is 10.3. The number of hydrogen-bond acceptors (Lipinski definition) is 6. The number of rotatable bonds is 7. The third-order valence-corrected chi connectivity index (χ3v) is 9.64. The highest BCUT2D eigenvalue weighted by Gasteiger charge is 2.33. The number of anilines is 1. The molecule has 210 valence electrons. The van der Waals surface area contributed by atoms with Crippen molar-refractivity contribution in [3.8, 4) is 0 Å². The van der Waals surface area contributed by atoms with E-state index in [0.29, 0.717) is 49.7 Å². The lowest BCUT2D eigenvalue weighted by atomic mass is 10.0. The molecule has 3 aliphatic rings. The molecule has 0 saturated carbocycles. The van der Waals surface area contributed by atoms with Gasteiger partial charge in [0.1, 0.15) is 6.54 Å². The molecule has 2 amide bonds. The lowest BCUT2D eigenvalue weighted by molar-refractivity contribution is -0.122. The van der Waals surface area contributed by atoms with Crippen molar-refractivity contribution >= 4 is 50.1 Å². The van der Waals surface area contributed by atoms with Crippen LogP contribution >= 0.6 is 0 Å². The van der Waals surface area contributed by atoms with Crippen LogP contribution in [-0.2, 0) is 35.6 Å². The van der Waals surface area contributed by atoms with Gasteiger partial charge in [-0.05, 0) is 43.2 Å². The summed E-state index contributed by atoms with van der Waals surface area (Å²) in [5, 5.41) is 3.86. The van der Waals surface area contributed by atoms with E-state index in [0.717, 1.165) is 35.9 Å². The van der Waals surface area contributed by atoms with Crippen LogP contribution in [0.15, 0.2) is 53.6 Å². The van der Waals surface area contributed by atoms with Crippen molar-refractivity contribution in [2.75, 3.05) is 51.4 Å². The van der Waals surface area contributed by atoms with Crippen molar-refractivity contribution in [2.45, 2.75) is 30.4 Å². The predicted octanol–water partition coefficient (Wildman–Crippen LogP) is 2.47. The fraction of sp³-hybridized carbons (Fsp3) is 0.379. The molecule has 1 unspecified atom stereocenters. The molecule has 2 fully saturated rings. The van der Waals surface area contributed by atoms with Gasteiger partial charge in [0.05, 0.1) is 29.9 Å². The van der Waals surface area contributed by atoms with Crippen molar-refractivity contribution in [3.05, 3.63) is 59.8 Å². The number of morpholine rings is 1. The second-order valence-corrected chi connectivity index (χ2v) is 12.2. The molecule has 0 aliphatic carbocycles. The first-order valence-corrected chi connectivity index (χ1v) is 15.0. The minimum Gasteiger partial charge on any atom is -0.379 e. The van der Waals surface area contributed by atoms with Gasteiger partial charge in [-0.15, -0.1) is 0 Å². The monoisotopic (exact) mass is 564 g/mol. The molecule has 2 saturated heterocycles. The van der Waals surface area contributed by atoms with E-state index in [2.05, 4.69) is 5.32 Å². The number of hydrogen-bond donors (Lipinski definition) is 1. The smallest absolute Gasteiger partial charge is 0.258 e. The molecule has 4 heterocycles. The lowest BCUT2D eigenvalue weighted by Gasteiger charge is -2.26. The Kier molecular flexibility index (Phi) is 7.22. The van der Waals surface area contributed by atoms with Gasteiger partial charge in [0.2, 0.25) is 15.9 Å². The van der Waals surface area contributed by atoms with Crippen LogP contribution < -0.4 is 10.2 Å². The van der Waals surface area contributed by atoms with E-state index >= 15 is 0 Å². The Morgan fingerprint density at radius 3 is 2.70 bits per heavy atom. The van der Waals surface area contributed by atoms with Gasteiger partial charge in [-0.25, -0.2) is 8.42 Å². The van der Waals surface area contributed by atoms with Crippen molar-refractivity contribution in [1.82, 2.24) is 14.2 Å². The Morgan fingerprint density at radius 2 is 1.93 bits per heavy atom. The summed E-state index contributed by atoms with van der Waals surface area (Å²) in [6.07, 6.45) is 5.68. The van der Waals surface area contributed by atoms with Crippen molar-refractivity contribution < 1.29 is 27.5 Å². The van der Waals surface area contributed by atoms with Gasteiger partial charge in [-0.2, -0.15) is 4.31 Å². The van der Waals surface area contributed by atoms with E-state index in [1.54, 1.807) is 31.3 Å². The second kappa shape index (κ2) is 10.8. The zero-order valence-electron chi connectivity index (χ0n) is 22.3. The number of aromatic nitrogens is 1. The predicted molar refractivity (Wildman–Crippen MR) is 151 cm³/mol.